The lowest BCUT2D eigenvalue weighted by Gasteiger charge is -2.03. The van der Waals surface area contributed by atoms with Crippen LogP contribution in [0.3, 0.4) is 0 Å². The summed E-state index contributed by atoms with van der Waals surface area (Å²) >= 11 is 4.37. The Bertz CT molecular complexity index is 557. The molecule has 8 heteroatoms. The van der Waals surface area contributed by atoms with Crippen molar-refractivity contribution in [3.8, 4) is 5.75 Å². The summed E-state index contributed by atoms with van der Waals surface area (Å²) in [5.74, 6) is 0.339. The topological polar surface area (TPSA) is 75.1 Å². The van der Waals surface area contributed by atoms with E-state index in [1.807, 2.05) is 6.26 Å². The van der Waals surface area contributed by atoms with Crippen LogP contribution in [0.25, 0.3) is 0 Å². The van der Waals surface area contributed by atoms with Crippen molar-refractivity contribution in [2.24, 2.45) is 0 Å². The molecule has 0 unspecified atom stereocenters. The minimum absolute atomic E-state index is 0.114. The summed E-state index contributed by atoms with van der Waals surface area (Å²) in [6.45, 7) is 0. The van der Waals surface area contributed by atoms with E-state index in [0.717, 1.165) is 8.68 Å². The van der Waals surface area contributed by atoms with Crippen molar-refractivity contribution in [2.75, 3.05) is 17.3 Å². The van der Waals surface area contributed by atoms with Crippen LogP contribution >= 0.6 is 34.9 Å². The van der Waals surface area contributed by atoms with Crippen molar-refractivity contribution < 1.29 is 9.90 Å². The highest BCUT2D eigenvalue weighted by Crippen LogP contribution is 2.27. The average molecular weight is 313 g/mol. The molecule has 0 atom stereocenters. The van der Waals surface area contributed by atoms with E-state index in [1.54, 1.807) is 12.1 Å². The van der Waals surface area contributed by atoms with Gasteiger partial charge in [0.25, 0.3) is 0 Å². The Morgan fingerprint density at radius 2 is 2.00 bits per heavy atom. The first kappa shape index (κ1) is 14.2. The highest BCUT2D eigenvalue weighted by Gasteiger charge is 2.08. The van der Waals surface area contributed by atoms with Crippen LogP contribution < -0.4 is 5.32 Å². The van der Waals surface area contributed by atoms with E-state index in [1.165, 1.54) is 47.0 Å². The molecule has 5 nitrogen and oxygen atoms in total. The molecule has 0 saturated carbocycles. The fraction of sp³-hybridized carbons (Fsp3) is 0.182. The van der Waals surface area contributed by atoms with E-state index in [9.17, 15) is 4.79 Å². The van der Waals surface area contributed by atoms with Gasteiger partial charge in [0.15, 0.2) is 8.68 Å². The van der Waals surface area contributed by atoms with Gasteiger partial charge in [-0.25, -0.2) is 0 Å². The number of benzene rings is 1. The van der Waals surface area contributed by atoms with Crippen LogP contribution in [-0.2, 0) is 4.79 Å². The zero-order valence-electron chi connectivity index (χ0n) is 9.99. The van der Waals surface area contributed by atoms with E-state index in [2.05, 4.69) is 15.5 Å². The highest BCUT2D eigenvalue weighted by molar-refractivity contribution is 8.03. The van der Waals surface area contributed by atoms with Gasteiger partial charge in [0.1, 0.15) is 5.75 Å². The van der Waals surface area contributed by atoms with Gasteiger partial charge < -0.3 is 10.4 Å². The number of anilines is 1. The third-order valence-corrected chi connectivity index (χ3v) is 5.07. The lowest BCUT2D eigenvalue weighted by atomic mass is 10.3. The molecule has 1 aromatic carbocycles. The predicted octanol–water partition coefficient (Wildman–Crippen LogP) is 2.70. The molecule has 2 aromatic rings. The number of nitrogens with one attached hydrogen (secondary N) is 1. The Labute approximate surface area is 122 Å². The van der Waals surface area contributed by atoms with Crippen LogP contribution in [0.1, 0.15) is 0 Å². The van der Waals surface area contributed by atoms with Crippen LogP contribution in [0.2, 0.25) is 0 Å². The second kappa shape index (κ2) is 6.78. The van der Waals surface area contributed by atoms with Crippen molar-refractivity contribution in [2.45, 2.75) is 8.68 Å². The van der Waals surface area contributed by atoms with E-state index >= 15 is 0 Å². The van der Waals surface area contributed by atoms with Crippen LogP contribution in [0, 0.1) is 0 Å². The van der Waals surface area contributed by atoms with Gasteiger partial charge in [0, 0.05) is 5.69 Å². The molecule has 0 aliphatic rings. The molecule has 0 aliphatic carbocycles. The van der Waals surface area contributed by atoms with Gasteiger partial charge >= 0.3 is 0 Å². The second-order valence-corrected chi connectivity index (χ2v) is 6.68. The van der Waals surface area contributed by atoms with Crippen molar-refractivity contribution in [1.29, 1.82) is 0 Å². The third kappa shape index (κ3) is 4.41. The Kier molecular flexibility index (Phi) is 5.06. The van der Waals surface area contributed by atoms with E-state index in [4.69, 9.17) is 5.11 Å². The van der Waals surface area contributed by atoms with Gasteiger partial charge in [-0.2, -0.15) is 0 Å². The first-order chi connectivity index (χ1) is 9.17. The highest BCUT2D eigenvalue weighted by atomic mass is 32.2. The molecule has 0 aliphatic heterocycles. The Morgan fingerprint density at radius 1 is 1.32 bits per heavy atom. The summed E-state index contributed by atoms with van der Waals surface area (Å²) in [6, 6.07) is 6.35. The Morgan fingerprint density at radius 3 is 2.63 bits per heavy atom. The lowest BCUT2D eigenvalue weighted by Crippen LogP contribution is -2.13. The Hall–Kier alpha value is -1.25. The minimum Gasteiger partial charge on any atom is -0.508 e. The van der Waals surface area contributed by atoms with Gasteiger partial charge in [-0.05, 0) is 30.5 Å². The molecular weight excluding hydrogens is 302 g/mol. The standard InChI is InChI=1S/C11H11N3O2S3/c1-17-10-13-14-11(19-10)18-6-9(16)12-7-2-4-8(15)5-3-7/h2-5,15H,6H2,1H3,(H,12,16). The zero-order chi connectivity index (χ0) is 13.7. The van der Waals surface area contributed by atoms with Crippen molar-refractivity contribution in [3.63, 3.8) is 0 Å². The summed E-state index contributed by atoms with van der Waals surface area (Å²) in [5, 5.41) is 19.8. The number of phenols is 1. The van der Waals surface area contributed by atoms with E-state index < -0.39 is 0 Å². The molecule has 0 fully saturated rings. The first-order valence-electron chi connectivity index (χ1n) is 5.26. The van der Waals surface area contributed by atoms with Crippen LogP contribution in [0.15, 0.2) is 32.9 Å². The number of amides is 1. The van der Waals surface area contributed by atoms with Crippen molar-refractivity contribution >= 4 is 46.5 Å². The summed E-state index contributed by atoms with van der Waals surface area (Å²) in [6.07, 6.45) is 1.94. The van der Waals surface area contributed by atoms with E-state index in [-0.39, 0.29) is 17.4 Å². The van der Waals surface area contributed by atoms with Gasteiger partial charge in [0.2, 0.25) is 5.91 Å². The molecule has 0 spiro atoms. The van der Waals surface area contributed by atoms with Crippen molar-refractivity contribution in [3.05, 3.63) is 24.3 Å². The van der Waals surface area contributed by atoms with Gasteiger partial charge in [0.05, 0.1) is 5.75 Å². The summed E-state index contributed by atoms with van der Waals surface area (Å²) in [5.41, 5.74) is 0.658. The third-order valence-electron chi connectivity index (χ3n) is 2.04. The fourth-order valence-corrected chi connectivity index (χ4v) is 3.45. The first-order valence-corrected chi connectivity index (χ1v) is 8.29. The molecular formula is C11H11N3O2S3. The van der Waals surface area contributed by atoms with Gasteiger partial charge in [-0.15, -0.1) is 10.2 Å². The summed E-state index contributed by atoms with van der Waals surface area (Å²) in [4.78, 5) is 11.7. The largest absolute Gasteiger partial charge is 0.508 e. The number of nitrogens with zero attached hydrogens (tertiary/aromatic N) is 2. The lowest BCUT2D eigenvalue weighted by molar-refractivity contribution is -0.113. The predicted molar refractivity (Wildman–Crippen MR) is 79.2 cm³/mol. The molecule has 2 rings (SSSR count). The molecule has 1 aromatic heterocycles. The monoisotopic (exact) mass is 313 g/mol. The molecule has 100 valence electrons. The minimum atomic E-state index is -0.114. The number of rotatable bonds is 5. The molecule has 0 radical (unpaired) electrons. The second-order valence-electron chi connectivity index (χ2n) is 3.42. The fourth-order valence-electron chi connectivity index (χ4n) is 1.21. The summed E-state index contributed by atoms with van der Waals surface area (Å²) in [7, 11) is 0. The van der Waals surface area contributed by atoms with Gasteiger partial charge in [-0.1, -0.05) is 34.9 Å². The molecule has 1 amide bonds. The number of hydrogen-bond acceptors (Lipinski definition) is 7. The number of aromatic hydroxyl groups is 1. The number of carbonyl (C=O) groups is 1. The smallest absolute Gasteiger partial charge is 0.234 e. The SMILES string of the molecule is CSc1nnc(SCC(=O)Nc2ccc(O)cc2)s1. The Balaban J connectivity index is 1.82. The summed E-state index contributed by atoms with van der Waals surface area (Å²) < 4.78 is 1.67. The number of carbonyl (C=O) groups excluding carboxylic acids is 1. The average Bonchev–Trinajstić information content (AvgIpc) is 2.87. The normalized spacial score (nSPS) is 10.4. The van der Waals surface area contributed by atoms with Gasteiger partial charge in [-0.3, -0.25) is 4.79 Å². The molecule has 0 bridgehead atoms. The number of thioether (sulfide) groups is 2. The maximum Gasteiger partial charge on any atom is 0.234 e. The maximum absolute atomic E-state index is 11.7. The molecule has 19 heavy (non-hydrogen) atoms. The quantitative estimate of drug-likeness (QED) is 0.653. The van der Waals surface area contributed by atoms with Crippen LogP contribution in [0.5, 0.6) is 5.75 Å². The van der Waals surface area contributed by atoms with Crippen molar-refractivity contribution in [1.82, 2.24) is 10.2 Å². The van der Waals surface area contributed by atoms with E-state index in [0.29, 0.717) is 5.69 Å². The molecule has 2 N–H and O–H groups in total. The number of aromatic nitrogens is 2. The van der Waals surface area contributed by atoms with Crippen LogP contribution in [-0.4, -0.2) is 33.2 Å². The number of phenolic OH excluding ortho intramolecular Hbond substituents is 1. The number of hydrogen-bond donors (Lipinski definition) is 2. The molecule has 0 saturated heterocycles. The molecule has 1 heterocycles. The zero-order valence-corrected chi connectivity index (χ0v) is 12.4. The maximum atomic E-state index is 11.7. The van der Waals surface area contributed by atoms with Crippen LogP contribution in [0.4, 0.5) is 5.69 Å².